The van der Waals surface area contributed by atoms with Crippen LogP contribution in [0.5, 0.6) is 5.75 Å². The van der Waals surface area contributed by atoms with Crippen LogP contribution in [0.4, 0.5) is 0 Å². The van der Waals surface area contributed by atoms with Crippen molar-refractivity contribution in [2.45, 2.75) is 39.5 Å². The molecule has 0 aliphatic heterocycles. The van der Waals surface area contributed by atoms with Crippen molar-refractivity contribution >= 4 is 24.0 Å². The molecule has 0 heterocycles. The van der Waals surface area contributed by atoms with E-state index in [9.17, 15) is 0 Å². The molecule has 2 aromatic rings. The van der Waals surface area contributed by atoms with E-state index in [0.717, 1.165) is 22.9 Å². The van der Waals surface area contributed by atoms with Crippen LogP contribution in [0.1, 0.15) is 31.9 Å². The number of hydrogen-bond donors (Lipinski definition) is 1. The molecule has 0 atom stereocenters. The van der Waals surface area contributed by atoms with Crippen LogP contribution in [0.3, 0.4) is 0 Å². The van der Waals surface area contributed by atoms with E-state index < -0.39 is 0 Å². The predicted molar refractivity (Wildman–Crippen MR) is 96.1 cm³/mol. The van der Waals surface area contributed by atoms with Crippen molar-refractivity contribution in [3.8, 4) is 5.75 Å². The zero-order valence-corrected chi connectivity index (χ0v) is 14.8. The van der Waals surface area contributed by atoms with E-state index in [2.05, 4.69) is 38.2 Å². The van der Waals surface area contributed by atoms with Crippen LogP contribution in [-0.2, 0) is 13.2 Å². The molecule has 0 aliphatic carbocycles. The van der Waals surface area contributed by atoms with Gasteiger partial charge < -0.3 is 10.1 Å². The number of rotatable bonds is 5. The molecule has 0 radical (unpaired) electrons. The lowest BCUT2D eigenvalue weighted by Gasteiger charge is -2.20. The highest BCUT2D eigenvalue weighted by molar-refractivity contribution is 6.31. The van der Waals surface area contributed by atoms with Gasteiger partial charge in [0.2, 0.25) is 0 Å². The van der Waals surface area contributed by atoms with Crippen molar-refractivity contribution in [1.82, 2.24) is 5.32 Å². The maximum absolute atomic E-state index is 6.11. The third kappa shape index (κ3) is 6.27. The summed E-state index contributed by atoms with van der Waals surface area (Å²) < 4.78 is 5.77. The SMILES string of the molecule is CC(C)(C)NCc1ccc(OCc2ccccc2Cl)cc1.Cl. The Labute approximate surface area is 144 Å². The van der Waals surface area contributed by atoms with E-state index in [1.54, 1.807) is 0 Å². The molecule has 0 aliphatic rings. The summed E-state index contributed by atoms with van der Waals surface area (Å²) in [6.45, 7) is 7.82. The Morgan fingerprint density at radius 2 is 1.64 bits per heavy atom. The standard InChI is InChI=1S/C18H22ClNO.ClH/c1-18(2,3)20-12-14-8-10-16(11-9-14)21-13-15-6-4-5-7-17(15)19;/h4-11,20H,12-13H2,1-3H3;1H. The fourth-order valence-electron chi connectivity index (χ4n) is 1.85. The number of nitrogens with one attached hydrogen (secondary N) is 1. The van der Waals surface area contributed by atoms with Gasteiger partial charge in [-0.15, -0.1) is 12.4 Å². The third-order valence-corrected chi connectivity index (χ3v) is 3.47. The molecule has 2 nitrogen and oxygen atoms in total. The summed E-state index contributed by atoms with van der Waals surface area (Å²) in [6.07, 6.45) is 0. The number of benzene rings is 2. The van der Waals surface area contributed by atoms with Gasteiger partial charge in [0, 0.05) is 22.7 Å². The summed E-state index contributed by atoms with van der Waals surface area (Å²) in [7, 11) is 0. The maximum Gasteiger partial charge on any atom is 0.119 e. The first-order chi connectivity index (χ1) is 9.94. The second-order valence-electron chi connectivity index (χ2n) is 6.13. The van der Waals surface area contributed by atoms with E-state index in [1.165, 1.54) is 5.56 Å². The van der Waals surface area contributed by atoms with Crippen molar-refractivity contribution in [3.63, 3.8) is 0 Å². The second kappa shape index (κ2) is 8.42. The second-order valence-corrected chi connectivity index (χ2v) is 6.53. The van der Waals surface area contributed by atoms with Crippen molar-refractivity contribution < 1.29 is 4.74 Å². The minimum Gasteiger partial charge on any atom is -0.489 e. The topological polar surface area (TPSA) is 21.3 Å². The number of halogens is 2. The Hall–Kier alpha value is -1.22. The minimum atomic E-state index is 0. The van der Waals surface area contributed by atoms with Gasteiger partial charge in [-0.25, -0.2) is 0 Å². The molecule has 0 saturated heterocycles. The molecule has 0 spiro atoms. The van der Waals surface area contributed by atoms with Crippen molar-refractivity contribution in [1.29, 1.82) is 0 Å². The molecule has 4 heteroatoms. The van der Waals surface area contributed by atoms with Gasteiger partial charge in [-0.05, 0) is 44.5 Å². The molecule has 2 aromatic carbocycles. The molecule has 22 heavy (non-hydrogen) atoms. The Kier molecular flexibility index (Phi) is 7.21. The minimum absolute atomic E-state index is 0. The summed E-state index contributed by atoms with van der Waals surface area (Å²) >= 11 is 6.11. The predicted octanol–water partition coefficient (Wildman–Crippen LogP) is 5.23. The first kappa shape index (κ1) is 18.8. The molecule has 0 unspecified atom stereocenters. The van der Waals surface area contributed by atoms with Gasteiger partial charge in [0.1, 0.15) is 12.4 Å². The molecule has 0 amide bonds. The van der Waals surface area contributed by atoms with E-state index in [0.29, 0.717) is 6.61 Å². The third-order valence-electron chi connectivity index (χ3n) is 3.10. The molecular formula is C18H23Cl2NO. The lowest BCUT2D eigenvalue weighted by Crippen LogP contribution is -2.34. The first-order valence-corrected chi connectivity index (χ1v) is 7.52. The first-order valence-electron chi connectivity index (χ1n) is 7.14. The van der Waals surface area contributed by atoms with Gasteiger partial charge in [-0.2, -0.15) is 0 Å². The van der Waals surface area contributed by atoms with Gasteiger partial charge in [0.25, 0.3) is 0 Å². The van der Waals surface area contributed by atoms with E-state index in [4.69, 9.17) is 16.3 Å². The normalized spacial score (nSPS) is 10.9. The monoisotopic (exact) mass is 339 g/mol. The smallest absolute Gasteiger partial charge is 0.119 e. The summed E-state index contributed by atoms with van der Waals surface area (Å²) in [5, 5.41) is 4.20. The van der Waals surface area contributed by atoms with Gasteiger partial charge in [-0.3, -0.25) is 0 Å². The van der Waals surface area contributed by atoms with Gasteiger partial charge in [-0.1, -0.05) is 41.9 Å². The Morgan fingerprint density at radius 3 is 2.23 bits per heavy atom. The number of ether oxygens (including phenoxy) is 1. The Bertz CT molecular complexity index is 576. The molecule has 120 valence electrons. The highest BCUT2D eigenvalue weighted by atomic mass is 35.5. The van der Waals surface area contributed by atoms with Crippen LogP contribution in [-0.4, -0.2) is 5.54 Å². The number of hydrogen-bond acceptors (Lipinski definition) is 2. The molecule has 1 N–H and O–H groups in total. The van der Waals surface area contributed by atoms with E-state index in [1.807, 2.05) is 36.4 Å². The summed E-state index contributed by atoms with van der Waals surface area (Å²) in [5.74, 6) is 0.856. The molecular weight excluding hydrogens is 317 g/mol. The average Bonchev–Trinajstić information content (AvgIpc) is 2.45. The lowest BCUT2D eigenvalue weighted by molar-refractivity contribution is 0.306. The average molecular weight is 340 g/mol. The Morgan fingerprint density at radius 1 is 1.00 bits per heavy atom. The van der Waals surface area contributed by atoms with Crippen molar-refractivity contribution in [2.75, 3.05) is 0 Å². The van der Waals surface area contributed by atoms with Crippen LogP contribution in [0.2, 0.25) is 5.02 Å². The van der Waals surface area contributed by atoms with Crippen molar-refractivity contribution in [3.05, 3.63) is 64.7 Å². The molecule has 0 bridgehead atoms. The molecule has 0 fully saturated rings. The molecule has 2 rings (SSSR count). The van der Waals surface area contributed by atoms with Gasteiger partial charge >= 0.3 is 0 Å². The Balaban J connectivity index is 0.00000242. The molecule has 0 saturated carbocycles. The quantitative estimate of drug-likeness (QED) is 0.805. The highest BCUT2D eigenvalue weighted by Crippen LogP contribution is 2.19. The molecule has 0 aromatic heterocycles. The van der Waals surface area contributed by atoms with Crippen molar-refractivity contribution in [2.24, 2.45) is 0 Å². The van der Waals surface area contributed by atoms with Crippen LogP contribution in [0.25, 0.3) is 0 Å². The fourth-order valence-corrected chi connectivity index (χ4v) is 2.04. The van der Waals surface area contributed by atoms with Crippen LogP contribution in [0.15, 0.2) is 48.5 Å². The largest absolute Gasteiger partial charge is 0.489 e. The van der Waals surface area contributed by atoms with Crippen LogP contribution >= 0.6 is 24.0 Å². The van der Waals surface area contributed by atoms with E-state index in [-0.39, 0.29) is 17.9 Å². The summed E-state index contributed by atoms with van der Waals surface area (Å²) in [4.78, 5) is 0. The highest BCUT2D eigenvalue weighted by Gasteiger charge is 2.08. The zero-order valence-electron chi connectivity index (χ0n) is 13.2. The summed E-state index contributed by atoms with van der Waals surface area (Å²) in [6, 6.07) is 15.9. The van der Waals surface area contributed by atoms with Gasteiger partial charge in [0.05, 0.1) is 0 Å². The van der Waals surface area contributed by atoms with E-state index >= 15 is 0 Å². The summed E-state index contributed by atoms with van der Waals surface area (Å²) in [5.41, 5.74) is 2.37. The zero-order chi connectivity index (χ0) is 15.3. The van der Waals surface area contributed by atoms with Gasteiger partial charge in [0.15, 0.2) is 0 Å². The van der Waals surface area contributed by atoms with Crippen LogP contribution in [0, 0.1) is 0 Å². The lowest BCUT2D eigenvalue weighted by atomic mass is 10.1. The maximum atomic E-state index is 6.11. The fraction of sp³-hybridized carbons (Fsp3) is 0.333. The van der Waals surface area contributed by atoms with Crippen LogP contribution < -0.4 is 10.1 Å².